The van der Waals surface area contributed by atoms with E-state index in [1.54, 1.807) is 6.07 Å². The first-order valence-corrected chi connectivity index (χ1v) is 8.97. The zero-order valence-corrected chi connectivity index (χ0v) is 14.3. The first-order valence-electron chi connectivity index (χ1n) is 6.67. The molecule has 21 heavy (non-hydrogen) atoms. The first-order chi connectivity index (χ1) is 9.83. The van der Waals surface area contributed by atoms with E-state index in [4.69, 9.17) is 0 Å². The van der Waals surface area contributed by atoms with E-state index in [2.05, 4.69) is 10.0 Å². The number of hydrogen-bond donors (Lipinski definition) is 2. The fraction of sp³-hybridized carbons (Fsp3) is 0.333. The standard InChI is InChI=1S/C15H20N2O2S2/c1-10-5-6-11(2)14(7-10)17-21(18,19)15-8-13(9-16-4)20-12(15)3/h5-8,16-17H,9H2,1-4H3. The Morgan fingerprint density at radius 3 is 2.52 bits per heavy atom. The molecule has 2 rings (SSSR count). The summed E-state index contributed by atoms with van der Waals surface area (Å²) in [5.41, 5.74) is 2.57. The fourth-order valence-electron chi connectivity index (χ4n) is 2.10. The van der Waals surface area contributed by atoms with Crippen LogP contribution in [0.4, 0.5) is 5.69 Å². The van der Waals surface area contributed by atoms with Crippen molar-refractivity contribution in [2.45, 2.75) is 32.2 Å². The number of sulfonamides is 1. The summed E-state index contributed by atoms with van der Waals surface area (Å²) in [5, 5.41) is 3.04. The van der Waals surface area contributed by atoms with E-state index in [-0.39, 0.29) is 0 Å². The van der Waals surface area contributed by atoms with Crippen LogP contribution in [0.15, 0.2) is 29.2 Å². The smallest absolute Gasteiger partial charge is 0.263 e. The molecule has 0 saturated heterocycles. The monoisotopic (exact) mass is 324 g/mol. The summed E-state index contributed by atoms with van der Waals surface area (Å²) in [4.78, 5) is 2.17. The van der Waals surface area contributed by atoms with Crippen LogP contribution < -0.4 is 10.0 Å². The molecule has 0 bridgehead atoms. The molecular weight excluding hydrogens is 304 g/mol. The third-order valence-corrected chi connectivity index (χ3v) is 5.87. The van der Waals surface area contributed by atoms with Crippen LogP contribution in [-0.2, 0) is 16.6 Å². The minimum atomic E-state index is -3.55. The molecule has 0 fully saturated rings. The van der Waals surface area contributed by atoms with Crippen LogP contribution in [0, 0.1) is 20.8 Å². The summed E-state index contributed by atoms with van der Waals surface area (Å²) in [6.07, 6.45) is 0. The van der Waals surface area contributed by atoms with Crippen molar-refractivity contribution in [2.75, 3.05) is 11.8 Å². The van der Waals surface area contributed by atoms with E-state index in [1.165, 1.54) is 11.3 Å². The Morgan fingerprint density at radius 1 is 1.14 bits per heavy atom. The molecule has 6 heteroatoms. The third-order valence-electron chi connectivity index (χ3n) is 3.20. The second kappa shape index (κ2) is 6.17. The topological polar surface area (TPSA) is 58.2 Å². The average Bonchev–Trinajstić information content (AvgIpc) is 2.76. The number of anilines is 1. The van der Waals surface area contributed by atoms with Gasteiger partial charge in [0, 0.05) is 16.3 Å². The maximum Gasteiger partial charge on any atom is 0.263 e. The van der Waals surface area contributed by atoms with E-state index in [9.17, 15) is 8.42 Å². The molecule has 114 valence electrons. The lowest BCUT2D eigenvalue weighted by Gasteiger charge is -2.11. The van der Waals surface area contributed by atoms with E-state index in [1.807, 2.05) is 46.0 Å². The van der Waals surface area contributed by atoms with E-state index < -0.39 is 10.0 Å². The van der Waals surface area contributed by atoms with Gasteiger partial charge in [0.05, 0.1) is 5.69 Å². The van der Waals surface area contributed by atoms with Gasteiger partial charge >= 0.3 is 0 Å². The maximum absolute atomic E-state index is 12.6. The molecule has 0 aliphatic heterocycles. The molecule has 0 unspecified atom stereocenters. The van der Waals surface area contributed by atoms with Crippen LogP contribution in [0.3, 0.4) is 0 Å². The van der Waals surface area contributed by atoms with E-state index in [0.717, 1.165) is 20.9 Å². The minimum absolute atomic E-state index is 0.360. The molecule has 1 aromatic heterocycles. The number of aryl methyl sites for hydroxylation is 3. The number of benzene rings is 1. The SMILES string of the molecule is CNCc1cc(S(=O)(=O)Nc2cc(C)ccc2C)c(C)s1. The molecule has 2 N–H and O–H groups in total. The summed E-state index contributed by atoms with van der Waals surface area (Å²) >= 11 is 1.50. The van der Waals surface area contributed by atoms with Gasteiger partial charge in [-0.15, -0.1) is 11.3 Å². The van der Waals surface area contributed by atoms with Crippen molar-refractivity contribution in [3.05, 3.63) is 45.1 Å². The number of rotatable bonds is 5. The summed E-state index contributed by atoms with van der Waals surface area (Å²) in [7, 11) is -1.70. The Labute approximate surface area is 130 Å². The largest absolute Gasteiger partial charge is 0.315 e. The Hall–Kier alpha value is -1.37. The molecule has 4 nitrogen and oxygen atoms in total. The molecule has 0 aliphatic carbocycles. The van der Waals surface area contributed by atoms with E-state index >= 15 is 0 Å². The average molecular weight is 324 g/mol. The molecule has 0 amide bonds. The highest BCUT2D eigenvalue weighted by molar-refractivity contribution is 7.93. The van der Waals surface area contributed by atoms with Gasteiger partial charge < -0.3 is 5.32 Å². The lowest BCUT2D eigenvalue weighted by atomic mass is 10.1. The predicted octanol–water partition coefficient (Wildman–Crippen LogP) is 3.19. The van der Waals surface area contributed by atoms with Gasteiger partial charge in [-0.1, -0.05) is 12.1 Å². The van der Waals surface area contributed by atoms with Gasteiger partial charge in [-0.2, -0.15) is 0 Å². The van der Waals surface area contributed by atoms with Crippen LogP contribution in [0.25, 0.3) is 0 Å². The third kappa shape index (κ3) is 3.64. The quantitative estimate of drug-likeness (QED) is 0.888. The van der Waals surface area contributed by atoms with Crippen molar-refractivity contribution in [1.82, 2.24) is 5.32 Å². The number of hydrogen-bond acceptors (Lipinski definition) is 4. The first kappa shape index (κ1) is 16.0. The Morgan fingerprint density at radius 2 is 1.86 bits per heavy atom. The fourth-order valence-corrected chi connectivity index (χ4v) is 4.87. The highest BCUT2D eigenvalue weighted by Gasteiger charge is 2.20. The molecular formula is C15H20N2O2S2. The minimum Gasteiger partial charge on any atom is -0.315 e. The molecule has 0 saturated carbocycles. The van der Waals surface area contributed by atoms with Gasteiger partial charge in [0.15, 0.2) is 0 Å². The summed E-state index contributed by atoms with van der Waals surface area (Å²) in [6.45, 7) is 6.34. The van der Waals surface area contributed by atoms with Gasteiger partial charge in [0.1, 0.15) is 4.90 Å². The van der Waals surface area contributed by atoms with Crippen molar-refractivity contribution in [3.63, 3.8) is 0 Å². The Bertz CT molecular complexity index is 749. The summed E-state index contributed by atoms with van der Waals surface area (Å²) < 4.78 is 27.9. The number of thiophene rings is 1. The lowest BCUT2D eigenvalue weighted by Crippen LogP contribution is -2.14. The molecule has 1 heterocycles. The second-order valence-electron chi connectivity index (χ2n) is 5.09. The van der Waals surface area contributed by atoms with Gasteiger partial charge in [0.25, 0.3) is 10.0 Å². The van der Waals surface area contributed by atoms with Crippen LogP contribution in [0.2, 0.25) is 0 Å². The van der Waals surface area contributed by atoms with Crippen LogP contribution >= 0.6 is 11.3 Å². The van der Waals surface area contributed by atoms with Gasteiger partial charge in [-0.05, 0) is 51.1 Å². The van der Waals surface area contributed by atoms with Crippen LogP contribution in [-0.4, -0.2) is 15.5 Å². The normalized spacial score (nSPS) is 11.6. The molecule has 0 spiro atoms. The van der Waals surface area contributed by atoms with Crippen molar-refractivity contribution in [1.29, 1.82) is 0 Å². The van der Waals surface area contributed by atoms with Gasteiger partial charge in [-0.3, -0.25) is 4.72 Å². The van der Waals surface area contributed by atoms with Crippen molar-refractivity contribution < 1.29 is 8.42 Å². The van der Waals surface area contributed by atoms with Gasteiger partial charge in [0.2, 0.25) is 0 Å². The zero-order valence-electron chi connectivity index (χ0n) is 12.6. The van der Waals surface area contributed by atoms with Crippen molar-refractivity contribution >= 4 is 27.0 Å². The van der Waals surface area contributed by atoms with Crippen LogP contribution in [0.5, 0.6) is 0 Å². The summed E-state index contributed by atoms with van der Waals surface area (Å²) in [5.74, 6) is 0. The maximum atomic E-state index is 12.6. The Balaban J connectivity index is 2.36. The lowest BCUT2D eigenvalue weighted by molar-refractivity contribution is 0.601. The molecule has 2 aromatic rings. The molecule has 1 aromatic carbocycles. The van der Waals surface area contributed by atoms with Crippen molar-refractivity contribution in [3.8, 4) is 0 Å². The van der Waals surface area contributed by atoms with Crippen LogP contribution in [0.1, 0.15) is 20.9 Å². The van der Waals surface area contributed by atoms with Crippen molar-refractivity contribution in [2.24, 2.45) is 0 Å². The highest BCUT2D eigenvalue weighted by atomic mass is 32.2. The molecule has 0 aliphatic rings. The zero-order chi connectivity index (χ0) is 15.6. The molecule has 0 radical (unpaired) electrons. The molecule has 0 atom stereocenters. The number of nitrogens with one attached hydrogen (secondary N) is 2. The highest BCUT2D eigenvalue weighted by Crippen LogP contribution is 2.28. The van der Waals surface area contributed by atoms with Gasteiger partial charge in [-0.25, -0.2) is 8.42 Å². The summed E-state index contributed by atoms with van der Waals surface area (Å²) in [6, 6.07) is 7.47. The second-order valence-corrected chi connectivity index (χ2v) is 8.08. The predicted molar refractivity (Wildman–Crippen MR) is 88.5 cm³/mol. The van der Waals surface area contributed by atoms with E-state index in [0.29, 0.717) is 17.1 Å². The Kier molecular flexibility index (Phi) is 4.70.